The summed E-state index contributed by atoms with van der Waals surface area (Å²) in [5.41, 5.74) is 2.01. The lowest BCUT2D eigenvalue weighted by molar-refractivity contribution is 0.102. The molecule has 2 N–H and O–H groups in total. The van der Waals surface area contributed by atoms with Crippen LogP contribution in [0, 0.1) is 19.7 Å². The van der Waals surface area contributed by atoms with Gasteiger partial charge in [0.25, 0.3) is 5.91 Å². The zero-order valence-corrected chi connectivity index (χ0v) is 10.7. The minimum absolute atomic E-state index is 0.00178. The number of benzene rings is 2. The Hall–Kier alpha value is -2.36. The number of phenols is 1. The summed E-state index contributed by atoms with van der Waals surface area (Å²) in [6.07, 6.45) is 0. The second kappa shape index (κ2) is 5.10. The minimum Gasteiger partial charge on any atom is -0.508 e. The van der Waals surface area contributed by atoms with Gasteiger partial charge in [-0.2, -0.15) is 0 Å². The molecular formula is C15H14FNO2. The highest BCUT2D eigenvalue weighted by atomic mass is 19.1. The zero-order chi connectivity index (χ0) is 14.0. The molecular weight excluding hydrogens is 245 g/mol. The largest absolute Gasteiger partial charge is 0.508 e. The fraction of sp³-hybridized carbons (Fsp3) is 0.133. The van der Waals surface area contributed by atoms with Crippen LogP contribution in [0.15, 0.2) is 36.4 Å². The first-order valence-electron chi connectivity index (χ1n) is 5.84. The lowest BCUT2D eigenvalue weighted by Crippen LogP contribution is -2.14. The van der Waals surface area contributed by atoms with Crippen LogP contribution in [0.1, 0.15) is 21.5 Å². The molecule has 0 fully saturated rings. The Kier molecular flexibility index (Phi) is 3.51. The lowest BCUT2D eigenvalue weighted by atomic mass is 10.1. The van der Waals surface area contributed by atoms with Crippen molar-refractivity contribution in [2.75, 3.05) is 5.32 Å². The van der Waals surface area contributed by atoms with E-state index in [-0.39, 0.29) is 11.3 Å². The van der Waals surface area contributed by atoms with Crippen molar-refractivity contribution >= 4 is 11.6 Å². The van der Waals surface area contributed by atoms with Gasteiger partial charge in [0.1, 0.15) is 11.6 Å². The van der Waals surface area contributed by atoms with Gasteiger partial charge in [-0.3, -0.25) is 4.79 Å². The van der Waals surface area contributed by atoms with Crippen molar-refractivity contribution in [3.05, 3.63) is 58.9 Å². The standard InChI is InChI=1S/C15H14FNO2/c1-9-3-5-12(13(16)7-9)15(19)17-14-6-4-11(18)8-10(14)2/h3-8,18H,1-2H3,(H,17,19). The van der Waals surface area contributed by atoms with E-state index >= 15 is 0 Å². The molecule has 0 aliphatic carbocycles. The summed E-state index contributed by atoms with van der Waals surface area (Å²) in [6, 6.07) is 9.03. The van der Waals surface area contributed by atoms with E-state index < -0.39 is 11.7 Å². The van der Waals surface area contributed by atoms with E-state index in [0.717, 1.165) is 5.56 Å². The molecule has 0 unspecified atom stereocenters. The molecule has 1 amide bonds. The Bertz CT molecular complexity index is 638. The molecule has 0 aromatic heterocycles. The number of halogens is 1. The van der Waals surface area contributed by atoms with Crippen molar-refractivity contribution in [3.63, 3.8) is 0 Å². The minimum atomic E-state index is -0.547. The Morgan fingerprint density at radius 3 is 2.53 bits per heavy atom. The fourth-order valence-electron chi connectivity index (χ4n) is 1.78. The molecule has 2 rings (SSSR count). The number of aryl methyl sites for hydroxylation is 2. The molecule has 0 atom stereocenters. The van der Waals surface area contributed by atoms with Crippen LogP contribution in [0.2, 0.25) is 0 Å². The number of phenolic OH excluding ortho intramolecular Hbond substituents is 1. The second-order valence-corrected chi connectivity index (χ2v) is 4.44. The van der Waals surface area contributed by atoms with Crippen molar-refractivity contribution < 1.29 is 14.3 Å². The van der Waals surface area contributed by atoms with Crippen molar-refractivity contribution in [2.24, 2.45) is 0 Å². The molecule has 0 radical (unpaired) electrons. The molecule has 0 aliphatic heterocycles. The van der Waals surface area contributed by atoms with Gasteiger partial charge in [-0.1, -0.05) is 6.07 Å². The Morgan fingerprint density at radius 1 is 1.16 bits per heavy atom. The number of anilines is 1. The van der Waals surface area contributed by atoms with E-state index in [4.69, 9.17) is 0 Å². The summed E-state index contributed by atoms with van der Waals surface area (Å²) in [4.78, 5) is 12.0. The van der Waals surface area contributed by atoms with Crippen LogP contribution >= 0.6 is 0 Å². The topological polar surface area (TPSA) is 49.3 Å². The number of carbonyl (C=O) groups excluding carboxylic acids is 1. The third-order valence-corrected chi connectivity index (χ3v) is 2.83. The van der Waals surface area contributed by atoms with E-state index in [2.05, 4.69) is 5.32 Å². The quantitative estimate of drug-likeness (QED) is 0.812. The van der Waals surface area contributed by atoms with Gasteiger partial charge in [0, 0.05) is 5.69 Å². The fourth-order valence-corrected chi connectivity index (χ4v) is 1.78. The average molecular weight is 259 g/mol. The highest BCUT2D eigenvalue weighted by molar-refractivity contribution is 6.04. The first-order chi connectivity index (χ1) is 8.97. The van der Waals surface area contributed by atoms with Crippen LogP contribution in [-0.2, 0) is 0 Å². The van der Waals surface area contributed by atoms with Crippen LogP contribution in [0.4, 0.5) is 10.1 Å². The van der Waals surface area contributed by atoms with Crippen LogP contribution in [0.3, 0.4) is 0 Å². The molecule has 0 heterocycles. The monoisotopic (exact) mass is 259 g/mol. The summed E-state index contributed by atoms with van der Waals surface area (Å²) in [5.74, 6) is -0.933. The van der Waals surface area contributed by atoms with Crippen molar-refractivity contribution in [3.8, 4) is 5.75 Å². The number of hydrogen-bond donors (Lipinski definition) is 2. The second-order valence-electron chi connectivity index (χ2n) is 4.44. The molecule has 2 aromatic carbocycles. The summed E-state index contributed by atoms with van der Waals surface area (Å²) in [5, 5.41) is 11.9. The summed E-state index contributed by atoms with van der Waals surface area (Å²) in [7, 11) is 0. The van der Waals surface area contributed by atoms with Gasteiger partial charge in [-0.15, -0.1) is 0 Å². The highest BCUT2D eigenvalue weighted by Crippen LogP contribution is 2.21. The molecule has 98 valence electrons. The van der Waals surface area contributed by atoms with E-state index in [0.29, 0.717) is 11.3 Å². The van der Waals surface area contributed by atoms with E-state index in [9.17, 15) is 14.3 Å². The summed E-state index contributed by atoms with van der Waals surface area (Å²) < 4.78 is 13.7. The Labute approximate surface area is 110 Å². The molecule has 0 spiro atoms. The van der Waals surface area contributed by atoms with Crippen LogP contribution in [0.25, 0.3) is 0 Å². The van der Waals surface area contributed by atoms with Gasteiger partial charge in [-0.05, 0) is 55.3 Å². The lowest BCUT2D eigenvalue weighted by Gasteiger charge is -2.09. The predicted molar refractivity (Wildman–Crippen MR) is 71.9 cm³/mol. The summed E-state index contributed by atoms with van der Waals surface area (Å²) in [6.45, 7) is 3.51. The Morgan fingerprint density at radius 2 is 1.89 bits per heavy atom. The normalized spacial score (nSPS) is 10.3. The number of hydrogen-bond acceptors (Lipinski definition) is 2. The SMILES string of the molecule is Cc1ccc(C(=O)Nc2ccc(O)cc2C)c(F)c1. The number of amides is 1. The van der Waals surface area contributed by atoms with Gasteiger partial charge in [0.05, 0.1) is 5.56 Å². The highest BCUT2D eigenvalue weighted by Gasteiger charge is 2.12. The Balaban J connectivity index is 2.25. The molecule has 2 aromatic rings. The first-order valence-corrected chi connectivity index (χ1v) is 5.84. The van der Waals surface area contributed by atoms with Crippen molar-refractivity contribution in [2.45, 2.75) is 13.8 Å². The van der Waals surface area contributed by atoms with Gasteiger partial charge in [0.2, 0.25) is 0 Å². The van der Waals surface area contributed by atoms with Crippen LogP contribution < -0.4 is 5.32 Å². The number of nitrogens with one attached hydrogen (secondary N) is 1. The molecule has 0 bridgehead atoms. The molecule has 0 aliphatic rings. The number of aromatic hydroxyl groups is 1. The van der Waals surface area contributed by atoms with Gasteiger partial charge < -0.3 is 10.4 Å². The van der Waals surface area contributed by atoms with E-state index in [1.165, 1.54) is 24.3 Å². The molecule has 0 saturated heterocycles. The van der Waals surface area contributed by atoms with E-state index in [1.54, 1.807) is 26.0 Å². The molecule has 19 heavy (non-hydrogen) atoms. The first kappa shape index (κ1) is 13.1. The summed E-state index contributed by atoms with van der Waals surface area (Å²) >= 11 is 0. The third kappa shape index (κ3) is 2.91. The van der Waals surface area contributed by atoms with E-state index in [1.807, 2.05) is 0 Å². The molecule has 3 nitrogen and oxygen atoms in total. The molecule has 4 heteroatoms. The van der Waals surface area contributed by atoms with Crippen molar-refractivity contribution in [1.29, 1.82) is 0 Å². The van der Waals surface area contributed by atoms with Crippen LogP contribution in [-0.4, -0.2) is 11.0 Å². The van der Waals surface area contributed by atoms with Gasteiger partial charge in [-0.25, -0.2) is 4.39 Å². The maximum Gasteiger partial charge on any atom is 0.258 e. The van der Waals surface area contributed by atoms with Gasteiger partial charge in [0.15, 0.2) is 0 Å². The maximum absolute atomic E-state index is 13.7. The van der Waals surface area contributed by atoms with Gasteiger partial charge >= 0.3 is 0 Å². The number of carbonyl (C=O) groups is 1. The predicted octanol–water partition coefficient (Wildman–Crippen LogP) is 3.40. The van der Waals surface area contributed by atoms with Crippen molar-refractivity contribution in [1.82, 2.24) is 0 Å². The third-order valence-electron chi connectivity index (χ3n) is 2.83. The maximum atomic E-state index is 13.7. The van der Waals surface area contributed by atoms with Crippen LogP contribution in [0.5, 0.6) is 5.75 Å². The smallest absolute Gasteiger partial charge is 0.258 e. The molecule has 0 saturated carbocycles. The number of rotatable bonds is 2. The zero-order valence-electron chi connectivity index (χ0n) is 10.7. The average Bonchev–Trinajstić information content (AvgIpc) is 2.32.